The second-order valence-corrected chi connectivity index (χ2v) is 8.51. The van der Waals surface area contributed by atoms with Gasteiger partial charge in [0, 0.05) is 49.6 Å². The van der Waals surface area contributed by atoms with Crippen LogP contribution in [0.15, 0.2) is 17.6 Å². The zero-order valence-corrected chi connectivity index (χ0v) is 19.4. The fourth-order valence-corrected chi connectivity index (χ4v) is 4.41. The average Bonchev–Trinajstić information content (AvgIpc) is 2.78. The van der Waals surface area contributed by atoms with Gasteiger partial charge in [-0.15, -0.1) is 6.42 Å². The van der Waals surface area contributed by atoms with Crippen molar-refractivity contribution in [2.45, 2.75) is 38.6 Å². The Balaban J connectivity index is 2.00. The van der Waals surface area contributed by atoms with E-state index in [1.54, 1.807) is 0 Å². The summed E-state index contributed by atoms with van der Waals surface area (Å²) < 4.78 is 0. The van der Waals surface area contributed by atoms with E-state index in [1.807, 2.05) is 38.8 Å². The number of phenols is 1. The molecule has 0 amide bonds. The molecule has 9 nitrogen and oxygen atoms in total. The molecular weight excluding hydrogens is 418 g/mol. The molecule has 0 bridgehead atoms. The fraction of sp³-hybridized carbons (Fsp3) is 0.458. The molecule has 3 N–H and O–H groups in total. The summed E-state index contributed by atoms with van der Waals surface area (Å²) in [5.41, 5.74) is 9.42. The molecule has 1 saturated heterocycles. The number of nitrogens with zero attached hydrogens (tertiary/aromatic N) is 6. The summed E-state index contributed by atoms with van der Waals surface area (Å²) >= 11 is 0. The Kier molecular flexibility index (Phi) is 7.15. The molecular formula is C24H29N7O2. The van der Waals surface area contributed by atoms with Crippen molar-refractivity contribution in [1.29, 1.82) is 5.26 Å². The monoisotopic (exact) mass is 447 g/mol. The van der Waals surface area contributed by atoms with Crippen LogP contribution < -0.4 is 10.6 Å². The summed E-state index contributed by atoms with van der Waals surface area (Å²) in [4.78, 5) is 22.9. The highest BCUT2D eigenvalue weighted by Crippen LogP contribution is 2.43. The minimum absolute atomic E-state index is 0.00850. The van der Waals surface area contributed by atoms with Crippen LogP contribution in [0, 0.1) is 35.5 Å². The smallest absolute Gasteiger partial charge is 0.138 e. The van der Waals surface area contributed by atoms with Crippen molar-refractivity contribution in [2.24, 2.45) is 5.18 Å². The Labute approximate surface area is 194 Å². The summed E-state index contributed by atoms with van der Waals surface area (Å²) in [5.74, 6) is 3.44. The standard InChI is InChI=1S/C24H29N7O2/c1-6-14(2)20-23(26)27-13-28-24(20)30(5)16(4)18-9-15(3)19(10-25)21(22(18)32)17-11-31(12-17)8-7-29-33/h1,9,13-14,16-17,32H,7-8,11-12H2,2-5H3,(H2,26,27,28). The van der Waals surface area contributed by atoms with Crippen LogP contribution in [0.3, 0.4) is 0 Å². The van der Waals surface area contributed by atoms with E-state index in [0.29, 0.717) is 53.5 Å². The lowest BCUT2D eigenvalue weighted by atomic mass is 9.83. The van der Waals surface area contributed by atoms with E-state index in [0.717, 1.165) is 5.56 Å². The molecule has 33 heavy (non-hydrogen) atoms. The van der Waals surface area contributed by atoms with Gasteiger partial charge < -0.3 is 20.6 Å². The number of likely N-dealkylation sites (tertiary alicyclic amines) is 1. The molecule has 0 aliphatic carbocycles. The number of rotatable bonds is 8. The van der Waals surface area contributed by atoms with Gasteiger partial charge in [-0.25, -0.2) is 9.97 Å². The first-order valence-electron chi connectivity index (χ1n) is 10.8. The number of nitrogens with two attached hydrogens (primary N) is 1. The molecule has 1 aromatic heterocycles. The highest BCUT2D eigenvalue weighted by molar-refractivity contribution is 5.63. The van der Waals surface area contributed by atoms with Crippen molar-refractivity contribution in [2.75, 3.05) is 43.9 Å². The van der Waals surface area contributed by atoms with Crippen LogP contribution in [-0.4, -0.2) is 53.2 Å². The number of aromatic nitrogens is 2. The van der Waals surface area contributed by atoms with E-state index in [9.17, 15) is 15.3 Å². The maximum atomic E-state index is 11.3. The first-order chi connectivity index (χ1) is 15.7. The van der Waals surface area contributed by atoms with E-state index in [1.165, 1.54) is 6.33 Å². The highest BCUT2D eigenvalue weighted by Gasteiger charge is 2.34. The van der Waals surface area contributed by atoms with Crippen molar-refractivity contribution in [3.8, 4) is 24.2 Å². The molecule has 0 radical (unpaired) electrons. The van der Waals surface area contributed by atoms with Gasteiger partial charge in [-0.1, -0.05) is 11.1 Å². The van der Waals surface area contributed by atoms with E-state index in [-0.39, 0.29) is 30.2 Å². The molecule has 0 saturated carbocycles. The normalized spacial score (nSPS) is 15.7. The number of nitroso groups, excluding NO2 is 1. The summed E-state index contributed by atoms with van der Waals surface area (Å²) in [7, 11) is 1.86. The number of benzene rings is 1. The Hall–Kier alpha value is -3.69. The molecule has 3 rings (SSSR count). The first kappa shape index (κ1) is 24.0. The lowest BCUT2D eigenvalue weighted by Gasteiger charge is -2.40. The topological polar surface area (TPSA) is 132 Å². The van der Waals surface area contributed by atoms with Crippen LogP contribution in [0.1, 0.15) is 59.5 Å². The van der Waals surface area contributed by atoms with Crippen LogP contribution in [0.25, 0.3) is 0 Å². The Morgan fingerprint density at radius 3 is 2.73 bits per heavy atom. The van der Waals surface area contributed by atoms with Crippen molar-refractivity contribution < 1.29 is 5.11 Å². The molecule has 1 fully saturated rings. The van der Waals surface area contributed by atoms with Gasteiger partial charge in [-0.05, 0) is 32.4 Å². The Bertz CT molecular complexity index is 1130. The van der Waals surface area contributed by atoms with Gasteiger partial charge in [0.1, 0.15) is 23.7 Å². The summed E-state index contributed by atoms with van der Waals surface area (Å²) in [6.45, 7) is 7.82. The number of terminal acetylenes is 1. The number of aryl methyl sites for hydroxylation is 1. The van der Waals surface area contributed by atoms with Crippen LogP contribution in [0.2, 0.25) is 0 Å². The minimum atomic E-state index is -0.288. The Morgan fingerprint density at radius 2 is 2.12 bits per heavy atom. The maximum Gasteiger partial charge on any atom is 0.138 e. The number of nitrogen functional groups attached to an aromatic ring is 1. The van der Waals surface area contributed by atoms with Gasteiger partial charge in [-0.3, -0.25) is 0 Å². The third kappa shape index (κ3) is 4.46. The third-order valence-corrected chi connectivity index (χ3v) is 6.49. The molecule has 172 valence electrons. The number of nitriles is 1. The SMILES string of the molecule is C#CC(C)c1c(N)ncnc1N(C)C(C)c1cc(C)c(C#N)c(C2CN(CCN=O)C2)c1O. The largest absolute Gasteiger partial charge is 0.507 e. The van der Waals surface area contributed by atoms with Crippen LogP contribution in [0.4, 0.5) is 11.6 Å². The van der Waals surface area contributed by atoms with Gasteiger partial charge in [0.05, 0.1) is 29.8 Å². The number of hydrogen-bond donors (Lipinski definition) is 2. The lowest BCUT2D eigenvalue weighted by Crippen LogP contribution is -2.46. The van der Waals surface area contributed by atoms with Gasteiger partial charge in [0.15, 0.2) is 0 Å². The second-order valence-electron chi connectivity index (χ2n) is 8.51. The van der Waals surface area contributed by atoms with E-state index >= 15 is 0 Å². The van der Waals surface area contributed by atoms with Crippen molar-refractivity contribution in [1.82, 2.24) is 14.9 Å². The Morgan fingerprint density at radius 1 is 1.42 bits per heavy atom. The predicted octanol–water partition coefficient (Wildman–Crippen LogP) is 3.04. The summed E-state index contributed by atoms with van der Waals surface area (Å²) in [5, 5.41) is 24.0. The summed E-state index contributed by atoms with van der Waals surface area (Å²) in [6, 6.07) is 3.82. The highest BCUT2D eigenvalue weighted by atomic mass is 16.3. The first-order valence-corrected chi connectivity index (χ1v) is 10.8. The molecule has 2 aromatic rings. The number of anilines is 2. The van der Waals surface area contributed by atoms with E-state index in [2.05, 4.69) is 32.0 Å². The lowest BCUT2D eigenvalue weighted by molar-refractivity contribution is 0.151. The molecule has 9 heteroatoms. The number of aromatic hydroxyl groups is 1. The molecule has 2 heterocycles. The molecule has 2 unspecified atom stereocenters. The van der Waals surface area contributed by atoms with Gasteiger partial charge in [-0.2, -0.15) is 10.2 Å². The molecule has 1 aliphatic rings. The van der Waals surface area contributed by atoms with Gasteiger partial charge >= 0.3 is 0 Å². The average molecular weight is 448 g/mol. The predicted molar refractivity (Wildman–Crippen MR) is 128 cm³/mol. The maximum absolute atomic E-state index is 11.3. The number of phenolic OH excluding ortho intramolecular Hbond substituents is 1. The van der Waals surface area contributed by atoms with Gasteiger partial charge in [0.2, 0.25) is 0 Å². The second kappa shape index (κ2) is 9.85. The summed E-state index contributed by atoms with van der Waals surface area (Å²) in [6.07, 6.45) is 7.04. The quantitative estimate of drug-likeness (QED) is 0.466. The number of hydrogen-bond acceptors (Lipinski definition) is 9. The minimum Gasteiger partial charge on any atom is -0.507 e. The molecule has 0 spiro atoms. The van der Waals surface area contributed by atoms with Crippen LogP contribution in [0.5, 0.6) is 5.75 Å². The molecule has 1 aliphatic heterocycles. The van der Waals surface area contributed by atoms with Gasteiger partial charge in [0.25, 0.3) is 0 Å². The third-order valence-electron chi connectivity index (χ3n) is 6.49. The fourth-order valence-electron chi connectivity index (χ4n) is 4.41. The van der Waals surface area contributed by atoms with Crippen molar-refractivity contribution in [3.63, 3.8) is 0 Å². The molecule has 1 aromatic carbocycles. The zero-order chi connectivity index (χ0) is 24.3. The van der Waals surface area contributed by atoms with E-state index < -0.39 is 0 Å². The van der Waals surface area contributed by atoms with E-state index in [4.69, 9.17) is 12.2 Å². The van der Waals surface area contributed by atoms with Crippen molar-refractivity contribution in [3.05, 3.63) is 45.1 Å². The molecule has 2 atom stereocenters. The van der Waals surface area contributed by atoms with Crippen LogP contribution in [-0.2, 0) is 0 Å². The van der Waals surface area contributed by atoms with Crippen molar-refractivity contribution >= 4 is 11.6 Å². The zero-order valence-electron chi connectivity index (χ0n) is 19.4. The van der Waals surface area contributed by atoms with Crippen LogP contribution >= 0.6 is 0 Å².